The van der Waals surface area contributed by atoms with E-state index in [1.54, 1.807) is 24.2 Å². The molecule has 0 saturated heterocycles. The van der Waals surface area contributed by atoms with E-state index in [0.717, 1.165) is 18.1 Å². The highest BCUT2D eigenvalue weighted by Crippen LogP contribution is 2.27. The van der Waals surface area contributed by atoms with E-state index < -0.39 is 5.54 Å². The van der Waals surface area contributed by atoms with E-state index in [1.165, 1.54) is 7.11 Å². The Bertz CT molecular complexity index is 383. The minimum Gasteiger partial charge on any atom is -0.468 e. The molecule has 0 spiro atoms. The zero-order chi connectivity index (χ0) is 14.3. The maximum Gasteiger partial charge on any atom is 0.325 e. The number of thioether (sulfide) groups is 1. The summed E-state index contributed by atoms with van der Waals surface area (Å²) in [6, 6.07) is 0. The van der Waals surface area contributed by atoms with Crippen molar-refractivity contribution in [2.24, 2.45) is 0 Å². The lowest BCUT2D eigenvalue weighted by Crippen LogP contribution is -2.51. The number of carbonyl (C=O) groups is 1. The quantitative estimate of drug-likeness (QED) is 0.566. The molecule has 1 rings (SSSR count). The zero-order valence-corrected chi connectivity index (χ0v) is 12.8. The van der Waals surface area contributed by atoms with Crippen molar-refractivity contribution < 1.29 is 9.53 Å². The van der Waals surface area contributed by atoms with Gasteiger partial charge in [-0.15, -0.1) is 0 Å². The molecule has 5 nitrogen and oxygen atoms in total. The molecule has 1 aromatic rings. The minimum absolute atomic E-state index is 0.215. The fraction of sp³-hybridized carbons (Fsp3) is 0.692. The topological polar surface area (TPSA) is 67.0 Å². The molecule has 0 aliphatic rings. The van der Waals surface area contributed by atoms with Gasteiger partial charge in [-0.25, -0.2) is 4.98 Å². The molecule has 19 heavy (non-hydrogen) atoms. The van der Waals surface area contributed by atoms with Crippen LogP contribution in [0.4, 0.5) is 0 Å². The fourth-order valence-electron chi connectivity index (χ4n) is 1.98. The first-order valence-electron chi connectivity index (χ1n) is 6.51. The molecule has 0 aliphatic carbocycles. The van der Waals surface area contributed by atoms with Crippen molar-refractivity contribution in [3.8, 4) is 0 Å². The van der Waals surface area contributed by atoms with Crippen molar-refractivity contribution in [1.82, 2.24) is 15.3 Å². The Morgan fingerprint density at radius 1 is 1.68 bits per heavy atom. The summed E-state index contributed by atoms with van der Waals surface area (Å²) < 4.78 is 4.91. The smallest absolute Gasteiger partial charge is 0.325 e. The number of nitrogens with one attached hydrogen (secondary N) is 2. The standard InChI is InChI=1S/C13H23N3O2S/c1-5-6-16-13(3,11(17)18-4)9-10(2)19-12-14-7-8-15-12/h7-8,10,16H,5-6,9H2,1-4H3,(H,14,15). The largest absolute Gasteiger partial charge is 0.468 e. The number of H-pyrrole nitrogens is 1. The van der Waals surface area contributed by atoms with Gasteiger partial charge in [0.05, 0.1) is 7.11 Å². The van der Waals surface area contributed by atoms with Crippen LogP contribution in [0.15, 0.2) is 17.6 Å². The lowest BCUT2D eigenvalue weighted by Gasteiger charge is -2.30. The van der Waals surface area contributed by atoms with Crippen molar-refractivity contribution in [3.05, 3.63) is 12.4 Å². The van der Waals surface area contributed by atoms with Gasteiger partial charge >= 0.3 is 5.97 Å². The number of nitrogens with zero attached hydrogens (tertiary/aromatic N) is 1. The van der Waals surface area contributed by atoms with Crippen LogP contribution in [0, 0.1) is 0 Å². The molecule has 0 amide bonds. The molecule has 2 atom stereocenters. The van der Waals surface area contributed by atoms with E-state index in [4.69, 9.17) is 4.74 Å². The summed E-state index contributed by atoms with van der Waals surface area (Å²) in [7, 11) is 1.43. The molecule has 108 valence electrons. The van der Waals surface area contributed by atoms with E-state index >= 15 is 0 Å². The number of esters is 1. The van der Waals surface area contributed by atoms with Crippen molar-refractivity contribution in [3.63, 3.8) is 0 Å². The Balaban J connectivity index is 2.62. The number of carbonyl (C=O) groups excluding carboxylic acids is 1. The van der Waals surface area contributed by atoms with Crippen LogP contribution in [0.25, 0.3) is 0 Å². The summed E-state index contributed by atoms with van der Waals surface area (Å²) >= 11 is 1.62. The van der Waals surface area contributed by atoms with Crippen molar-refractivity contribution in [2.45, 2.75) is 49.6 Å². The van der Waals surface area contributed by atoms with Crippen molar-refractivity contribution in [2.75, 3.05) is 13.7 Å². The van der Waals surface area contributed by atoms with Crippen LogP contribution in [-0.4, -0.2) is 40.4 Å². The Morgan fingerprint density at radius 2 is 2.42 bits per heavy atom. The number of methoxy groups -OCH3 is 1. The summed E-state index contributed by atoms with van der Waals surface area (Å²) in [6.45, 7) is 6.85. The Hall–Kier alpha value is -1.01. The monoisotopic (exact) mass is 285 g/mol. The van der Waals surface area contributed by atoms with Crippen LogP contribution in [-0.2, 0) is 9.53 Å². The normalized spacial score (nSPS) is 15.8. The second kappa shape index (κ2) is 7.55. The molecular weight excluding hydrogens is 262 g/mol. The van der Waals surface area contributed by atoms with Gasteiger partial charge in [-0.1, -0.05) is 25.6 Å². The summed E-state index contributed by atoms with van der Waals surface area (Å²) in [4.78, 5) is 19.2. The molecule has 0 radical (unpaired) electrons. The Morgan fingerprint density at radius 3 is 2.95 bits per heavy atom. The molecule has 0 aromatic carbocycles. The summed E-state index contributed by atoms with van der Waals surface area (Å²) in [5, 5.41) is 4.41. The molecular formula is C13H23N3O2S. The first-order chi connectivity index (χ1) is 9.01. The van der Waals surface area contributed by atoms with Gasteiger partial charge in [0.2, 0.25) is 0 Å². The molecule has 2 unspecified atom stereocenters. The summed E-state index contributed by atoms with van der Waals surface area (Å²) in [5.74, 6) is -0.215. The molecule has 2 N–H and O–H groups in total. The van der Waals surface area contributed by atoms with Gasteiger partial charge in [0, 0.05) is 17.6 Å². The van der Waals surface area contributed by atoms with Crippen molar-refractivity contribution in [1.29, 1.82) is 0 Å². The highest BCUT2D eigenvalue weighted by Gasteiger charge is 2.35. The third-order valence-electron chi connectivity index (χ3n) is 2.88. The fourth-order valence-corrected chi connectivity index (χ4v) is 3.03. The first kappa shape index (κ1) is 16.0. The highest BCUT2D eigenvalue weighted by atomic mass is 32.2. The SMILES string of the molecule is CCCNC(C)(CC(C)Sc1ncc[nH]1)C(=O)OC. The zero-order valence-electron chi connectivity index (χ0n) is 12.0. The van der Waals surface area contributed by atoms with Gasteiger partial charge in [0.1, 0.15) is 5.54 Å². The minimum atomic E-state index is -0.649. The van der Waals surface area contributed by atoms with Gasteiger partial charge in [-0.05, 0) is 26.3 Å². The summed E-state index contributed by atoms with van der Waals surface area (Å²) in [6.07, 6.45) is 5.19. The van der Waals surface area contributed by atoms with E-state index in [0.29, 0.717) is 6.42 Å². The maximum atomic E-state index is 12.0. The predicted octanol–water partition coefficient (Wildman–Crippen LogP) is 2.21. The number of rotatable bonds is 8. The number of aromatic nitrogens is 2. The van der Waals surface area contributed by atoms with Gasteiger partial charge in [-0.3, -0.25) is 4.79 Å². The van der Waals surface area contributed by atoms with Crippen LogP contribution in [0.2, 0.25) is 0 Å². The number of ether oxygens (including phenoxy) is 1. The van der Waals surface area contributed by atoms with Crippen molar-refractivity contribution >= 4 is 17.7 Å². The molecule has 1 heterocycles. The lowest BCUT2D eigenvalue weighted by atomic mass is 9.96. The predicted molar refractivity (Wildman–Crippen MR) is 77.2 cm³/mol. The molecule has 0 saturated carbocycles. The van der Waals surface area contributed by atoms with Crippen LogP contribution >= 0.6 is 11.8 Å². The van der Waals surface area contributed by atoms with E-state index in [2.05, 4.69) is 29.1 Å². The highest BCUT2D eigenvalue weighted by molar-refractivity contribution is 7.99. The van der Waals surface area contributed by atoms with Crippen LogP contribution in [0.5, 0.6) is 0 Å². The molecule has 0 aliphatic heterocycles. The third-order valence-corrected chi connectivity index (χ3v) is 3.90. The second-order valence-electron chi connectivity index (χ2n) is 4.78. The second-order valence-corrected chi connectivity index (χ2v) is 6.20. The number of hydrogen-bond donors (Lipinski definition) is 2. The Kier molecular flexibility index (Phi) is 6.37. The average Bonchev–Trinajstić information content (AvgIpc) is 2.87. The van der Waals surface area contributed by atoms with E-state index in [-0.39, 0.29) is 11.2 Å². The lowest BCUT2D eigenvalue weighted by molar-refractivity contribution is -0.148. The van der Waals surface area contributed by atoms with Crippen LogP contribution < -0.4 is 5.32 Å². The average molecular weight is 285 g/mol. The van der Waals surface area contributed by atoms with E-state index in [9.17, 15) is 4.79 Å². The van der Waals surface area contributed by atoms with Gasteiger partial charge in [0.15, 0.2) is 5.16 Å². The number of aromatic amines is 1. The molecule has 0 bridgehead atoms. The first-order valence-corrected chi connectivity index (χ1v) is 7.39. The maximum absolute atomic E-state index is 12.0. The van der Waals surface area contributed by atoms with Gasteiger partial charge < -0.3 is 15.0 Å². The number of hydrogen-bond acceptors (Lipinski definition) is 5. The molecule has 1 aromatic heterocycles. The van der Waals surface area contributed by atoms with E-state index in [1.807, 2.05) is 6.92 Å². The summed E-state index contributed by atoms with van der Waals surface area (Å²) in [5.41, 5.74) is -0.649. The molecule has 0 fully saturated rings. The van der Waals surface area contributed by atoms with Gasteiger partial charge in [-0.2, -0.15) is 0 Å². The van der Waals surface area contributed by atoms with Gasteiger partial charge in [0.25, 0.3) is 0 Å². The third kappa shape index (κ3) is 4.87. The molecule has 6 heteroatoms. The van der Waals surface area contributed by atoms with Crippen LogP contribution in [0.1, 0.15) is 33.6 Å². The number of imidazole rings is 1. The van der Waals surface area contributed by atoms with Crippen LogP contribution in [0.3, 0.4) is 0 Å². The Labute approximate surface area is 118 Å².